The molecule has 2 heterocycles. The summed E-state index contributed by atoms with van der Waals surface area (Å²) in [6.45, 7) is 0.978. The molecule has 1 unspecified atom stereocenters. The van der Waals surface area contributed by atoms with Gasteiger partial charge in [0, 0.05) is 17.1 Å². The van der Waals surface area contributed by atoms with E-state index < -0.39 is 10.0 Å². The van der Waals surface area contributed by atoms with Crippen LogP contribution in [0.3, 0.4) is 0 Å². The number of carbonyl (C=O) groups is 1. The number of sulfonamides is 1. The molecule has 0 spiro atoms. The summed E-state index contributed by atoms with van der Waals surface area (Å²) in [6.07, 6.45) is 0.907. The maximum absolute atomic E-state index is 12.7. The molecule has 29 heavy (non-hydrogen) atoms. The number of nitrogens with two attached hydrogens (primary N) is 1. The molecule has 6 nitrogen and oxygen atoms in total. The first kappa shape index (κ1) is 19.8. The monoisotopic (exact) mass is 427 g/mol. The molecule has 3 N–H and O–H groups in total. The second kappa shape index (κ2) is 8.08. The standard InChI is InChI=1S/C21H21N3O3S2/c22-29(26,27)17-8-4-7-16(13-17)23-20(25)14-24-11-9-19-18(10-12-28-19)21(24)15-5-2-1-3-6-15/h1-8,10,12-13,21H,9,11,14H2,(H,23,25)(H2,22,26,27). The fourth-order valence-electron chi connectivity index (χ4n) is 3.70. The molecule has 4 rings (SSSR count). The summed E-state index contributed by atoms with van der Waals surface area (Å²) in [6, 6.07) is 18.3. The average molecular weight is 428 g/mol. The Morgan fingerprint density at radius 3 is 2.69 bits per heavy atom. The summed E-state index contributed by atoms with van der Waals surface area (Å²) in [5.41, 5.74) is 2.80. The zero-order valence-corrected chi connectivity index (χ0v) is 17.2. The van der Waals surface area contributed by atoms with Gasteiger partial charge in [-0.25, -0.2) is 13.6 Å². The number of amides is 1. The predicted molar refractivity (Wildman–Crippen MR) is 114 cm³/mol. The first-order chi connectivity index (χ1) is 13.9. The van der Waals surface area contributed by atoms with E-state index in [0.717, 1.165) is 18.5 Å². The second-order valence-electron chi connectivity index (χ2n) is 6.95. The molecule has 1 aliphatic heterocycles. The smallest absolute Gasteiger partial charge is 0.238 e. The quantitative estimate of drug-likeness (QED) is 0.655. The molecule has 1 aliphatic rings. The van der Waals surface area contributed by atoms with Crippen molar-refractivity contribution in [1.29, 1.82) is 0 Å². The van der Waals surface area contributed by atoms with Crippen molar-refractivity contribution in [2.24, 2.45) is 5.14 Å². The van der Waals surface area contributed by atoms with Crippen molar-refractivity contribution in [3.63, 3.8) is 0 Å². The summed E-state index contributed by atoms with van der Waals surface area (Å²) in [5, 5.41) is 10.1. The van der Waals surface area contributed by atoms with Gasteiger partial charge >= 0.3 is 0 Å². The van der Waals surface area contributed by atoms with E-state index in [1.807, 2.05) is 18.2 Å². The van der Waals surface area contributed by atoms with Crippen molar-refractivity contribution in [2.45, 2.75) is 17.4 Å². The van der Waals surface area contributed by atoms with Gasteiger partial charge in [-0.05, 0) is 47.2 Å². The summed E-state index contributed by atoms with van der Waals surface area (Å²) in [4.78, 5) is 16.2. The van der Waals surface area contributed by atoms with Crippen molar-refractivity contribution < 1.29 is 13.2 Å². The number of carbonyl (C=O) groups excluding carboxylic acids is 1. The minimum atomic E-state index is -3.82. The lowest BCUT2D eigenvalue weighted by Crippen LogP contribution is -2.40. The molecule has 1 amide bonds. The molecule has 0 saturated carbocycles. The fourth-order valence-corrected chi connectivity index (χ4v) is 5.16. The maximum Gasteiger partial charge on any atom is 0.238 e. The number of hydrogen-bond acceptors (Lipinski definition) is 5. The fraction of sp³-hybridized carbons (Fsp3) is 0.190. The zero-order chi connectivity index (χ0) is 20.4. The third-order valence-corrected chi connectivity index (χ3v) is 6.88. The first-order valence-electron chi connectivity index (χ1n) is 9.20. The molecule has 1 aromatic heterocycles. The van der Waals surface area contributed by atoms with Gasteiger partial charge in [0.2, 0.25) is 15.9 Å². The molecule has 0 radical (unpaired) electrons. The summed E-state index contributed by atoms with van der Waals surface area (Å²) >= 11 is 1.76. The van der Waals surface area contributed by atoms with E-state index in [4.69, 9.17) is 5.14 Å². The van der Waals surface area contributed by atoms with Crippen LogP contribution in [0.1, 0.15) is 22.0 Å². The Kier molecular flexibility index (Phi) is 5.51. The van der Waals surface area contributed by atoms with Gasteiger partial charge in [0.05, 0.1) is 17.5 Å². The van der Waals surface area contributed by atoms with Gasteiger partial charge in [0.15, 0.2) is 0 Å². The number of fused-ring (bicyclic) bond motifs is 1. The maximum atomic E-state index is 12.7. The molecule has 0 aliphatic carbocycles. The normalized spacial score (nSPS) is 16.9. The van der Waals surface area contributed by atoms with Crippen molar-refractivity contribution >= 4 is 33.0 Å². The van der Waals surface area contributed by atoms with E-state index in [1.165, 1.54) is 22.6 Å². The topological polar surface area (TPSA) is 92.5 Å². The number of primary sulfonamides is 1. The first-order valence-corrected chi connectivity index (χ1v) is 11.6. The summed E-state index contributed by atoms with van der Waals surface area (Å²) in [7, 11) is -3.82. The van der Waals surface area contributed by atoms with Crippen LogP contribution in [-0.4, -0.2) is 32.3 Å². The molecule has 3 aromatic rings. The van der Waals surface area contributed by atoms with Gasteiger partial charge in [-0.3, -0.25) is 9.69 Å². The molecule has 1 atom stereocenters. The lowest BCUT2D eigenvalue weighted by Gasteiger charge is -2.35. The van der Waals surface area contributed by atoms with Crippen LogP contribution in [0.15, 0.2) is 70.9 Å². The van der Waals surface area contributed by atoms with E-state index >= 15 is 0 Å². The molecule has 8 heteroatoms. The number of hydrogen-bond donors (Lipinski definition) is 2. The van der Waals surface area contributed by atoms with Crippen LogP contribution in [0.25, 0.3) is 0 Å². The highest BCUT2D eigenvalue weighted by atomic mass is 32.2. The molecule has 0 fully saturated rings. The number of anilines is 1. The van der Waals surface area contributed by atoms with Crippen LogP contribution in [-0.2, 0) is 21.2 Å². The number of benzene rings is 2. The molecule has 0 saturated heterocycles. The molecular weight excluding hydrogens is 406 g/mol. The SMILES string of the molecule is NS(=O)(=O)c1cccc(NC(=O)CN2CCc3sccc3C2c2ccccc2)c1. The van der Waals surface area contributed by atoms with Crippen molar-refractivity contribution in [2.75, 3.05) is 18.4 Å². The Bertz CT molecular complexity index is 1130. The van der Waals surface area contributed by atoms with Gasteiger partial charge in [-0.1, -0.05) is 36.4 Å². The highest BCUT2D eigenvalue weighted by molar-refractivity contribution is 7.89. The average Bonchev–Trinajstić information content (AvgIpc) is 3.16. The number of nitrogens with zero attached hydrogens (tertiary/aromatic N) is 1. The van der Waals surface area contributed by atoms with Crippen molar-refractivity contribution in [3.8, 4) is 0 Å². The van der Waals surface area contributed by atoms with Crippen LogP contribution in [0.4, 0.5) is 5.69 Å². The summed E-state index contributed by atoms with van der Waals surface area (Å²) in [5.74, 6) is -0.198. The van der Waals surface area contributed by atoms with E-state index in [2.05, 4.69) is 33.8 Å². The largest absolute Gasteiger partial charge is 0.325 e. The van der Waals surface area contributed by atoms with E-state index in [-0.39, 0.29) is 23.4 Å². The molecule has 2 aromatic carbocycles. The molecule has 150 valence electrons. The van der Waals surface area contributed by atoms with Crippen LogP contribution in [0.5, 0.6) is 0 Å². The van der Waals surface area contributed by atoms with E-state index in [0.29, 0.717) is 5.69 Å². The van der Waals surface area contributed by atoms with Gasteiger partial charge in [0.25, 0.3) is 0 Å². The van der Waals surface area contributed by atoms with E-state index in [9.17, 15) is 13.2 Å². The lowest BCUT2D eigenvalue weighted by molar-refractivity contribution is -0.117. The number of nitrogens with one attached hydrogen (secondary N) is 1. The van der Waals surface area contributed by atoms with Gasteiger partial charge < -0.3 is 5.32 Å². The van der Waals surface area contributed by atoms with Crippen LogP contribution < -0.4 is 10.5 Å². The van der Waals surface area contributed by atoms with Crippen LogP contribution in [0, 0.1) is 0 Å². The molecule has 0 bridgehead atoms. The number of thiophene rings is 1. The van der Waals surface area contributed by atoms with Gasteiger partial charge in [-0.2, -0.15) is 0 Å². The Hall–Kier alpha value is -2.52. The lowest BCUT2D eigenvalue weighted by atomic mass is 9.93. The third-order valence-electron chi connectivity index (χ3n) is 4.97. The van der Waals surface area contributed by atoms with Crippen molar-refractivity contribution in [1.82, 2.24) is 4.90 Å². The minimum Gasteiger partial charge on any atom is -0.325 e. The Labute approximate surface area is 174 Å². The Balaban J connectivity index is 1.54. The third kappa shape index (κ3) is 4.40. The number of rotatable bonds is 5. The Morgan fingerprint density at radius 2 is 1.93 bits per heavy atom. The Morgan fingerprint density at radius 1 is 1.14 bits per heavy atom. The summed E-state index contributed by atoms with van der Waals surface area (Å²) < 4.78 is 23.1. The van der Waals surface area contributed by atoms with Gasteiger partial charge in [0.1, 0.15) is 0 Å². The highest BCUT2D eigenvalue weighted by Crippen LogP contribution is 2.37. The zero-order valence-electron chi connectivity index (χ0n) is 15.6. The highest BCUT2D eigenvalue weighted by Gasteiger charge is 2.30. The van der Waals surface area contributed by atoms with Crippen LogP contribution in [0.2, 0.25) is 0 Å². The van der Waals surface area contributed by atoms with Gasteiger partial charge in [-0.15, -0.1) is 11.3 Å². The second-order valence-corrected chi connectivity index (χ2v) is 9.52. The van der Waals surface area contributed by atoms with Crippen LogP contribution >= 0.6 is 11.3 Å². The minimum absolute atomic E-state index is 0.0210. The predicted octanol–water partition coefficient (Wildman–Crippen LogP) is 2.98. The van der Waals surface area contributed by atoms with E-state index in [1.54, 1.807) is 23.5 Å². The van der Waals surface area contributed by atoms with Crippen molar-refractivity contribution in [3.05, 3.63) is 82.0 Å². The molecular formula is C21H21N3O3S2.